The van der Waals surface area contributed by atoms with Crippen molar-refractivity contribution >= 4 is 29.4 Å². The number of carboxylic acids is 2. The number of aliphatic carboxylic acids is 2. The highest BCUT2D eigenvalue weighted by Crippen LogP contribution is 2.06. The minimum atomic E-state index is -1.45. The van der Waals surface area contributed by atoms with Crippen molar-refractivity contribution in [2.75, 3.05) is 12.3 Å². The Morgan fingerprint density at radius 1 is 1.00 bits per heavy atom. The molecule has 7 N–H and O–H groups in total. The van der Waals surface area contributed by atoms with Gasteiger partial charge >= 0.3 is 11.9 Å². The predicted octanol–water partition coefficient (Wildman–Crippen LogP) is -1.21. The fourth-order valence-electron chi connectivity index (χ4n) is 1.87. The Labute approximate surface area is 142 Å². The van der Waals surface area contributed by atoms with E-state index < -0.39 is 48.9 Å². The number of hydrogen-bond acceptors (Lipinski definition) is 6. The highest BCUT2D eigenvalue weighted by Gasteiger charge is 2.26. The first-order chi connectivity index (χ1) is 11.7. The molecule has 136 valence electrons. The summed E-state index contributed by atoms with van der Waals surface area (Å²) in [5.41, 5.74) is 6.14. The van der Waals surface area contributed by atoms with Crippen LogP contribution in [0.3, 0.4) is 0 Å². The van der Waals surface area contributed by atoms with Crippen LogP contribution in [0.25, 0.3) is 0 Å². The van der Waals surface area contributed by atoms with Crippen LogP contribution < -0.4 is 16.4 Å². The first-order valence-corrected chi connectivity index (χ1v) is 7.26. The standard InChI is InChI=1S/C15H19N3O7/c16-9-3-1-8(2-4-9)13(22)18-11(7-19)14(23)17-10(15(24)25)5-6-12(20)21/h1-4,10-11,19H,5-7,16H2,(H,17,23)(H,18,22)(H,20,21)(H,24,25)/t10-,11-/m0/s1. The summed E-state index contributed by atoms with van der Waals surface area (Å²) in [6, 6.07) is 2.96. The van der Waals surface area contributed by atoms with Gasteiger partial charge in [0.05, 0.1) is 6.61 Å². The molecule has 1 rings (SSSR count). The molecule has 0 spiro atoms. The summed E-state index contributed by atoms with van der Waals surface area (Å²) < 4.78 is 0. The molecule has 0 bridgehead atoms. The average molecular weight is 353 g/mol. The first-order valence-electron chi connectivity index (χ1n) is 7.26. The largest absolute Gasteiger partial charge is 0.481 e. The van der Waals surface area contributed by atoms with Crippen LogP contribution in [0.2, 0.25) is 0 Å². The number of rotatable bonds is 9. The Morgan fingerprint density at radius 2 is 1.60 bits per heavy atom. The SMILES string of the molecule is Nc1ccc(C(=O)N[C@@H](CO)C(=O)N[C@@H](CCC(=O)O)C(=O)O)cc1. The number of aliphatic hydroxyl groups excluding tert-OH is 1. The third-order valence-corrected chi connectivity index (χ3v) is 3.24. The molecule has 1 aromatic carbocycles. The van der Waals surface area contributed by atoms with Crippen molar-refractivity contribution in [1.29, 1.82) is 0 Å². The Hall–Kier alpha value is -3.14. The van der Waals surface area contributed by atoms with Gasteiger partial charge in [-0.2, -0.15) is 0 Å². The minimum absolute atomic E-state index is 0.195. The van der Waals surface area contributed by atoms with E-state index in [4.69, 9.17) is 15.9 Å². The fourth-order valence-corrected chi connectivity index (χ4v) is 1.87. The fraction of sp³-hybridized carbons (Fsp3) is 0.333. The van der Waals surface area contributed by atoms with Crippen LogP contribution in [0.1, 0.15) is 23.2 Å². The number of carbonyl (C=O) groups is 4. The van der Waals surface area contributed by atoms with Gasteiger partial charge in [0.25, 0.3) is 5.91 Å². The Bertz CT molecular complexity index is 645. The average Bonchev–Trinajstić information content (AvgIpc) is 2.56. The van der Waals surface area contributed by atoms with Crippen molar-refractivity contribution in [2.45, 2.75) is 24.9 Å². The molecule has 10 nitrogen and oxygen atoms in total. The molecule has 0 aliphatic heterocycles. The molecule has 0 aliphatic carbocycles. The molecule has 0 saturated heterocycles. The molecule has 25 heavy (non-hydrogen) atoms. The molecule has 0 aliphatic rings. The van der Waals surface area contributed by atoms with E-state index in [2.05, 4.69) is 10.6 Å². The summed E-state index contributed by atoms with van der Waals surface area (Å²) in [5, 5.41) is 31.2. The molecule has 0 radical (unpaired) electrons. The number of amides is 2. The second kappa shape index (κ2) is 9.23. The number of carboxylic acid groups (broad SMARTS) is 2. The third kappa shape index (κ3) is 6.47. The maximum atomic E-state index is 12.0. The molecule has 0 saturated carbocycles. The van der Waals surface area contributed by atoms with Crippen LogP contribution in [-0.4, -0.2) is 57.8 Å². The molecule has 0 unspecified atom stereocenters. The van der Waals surface area contributed by atoms with Crippen molar-refractivity contribution in [2.24, 2.45) is 0 Å². The highest BCUT2D eigenvalue weighted by molar-refractivity contribution is 5.98. The van der Waals surface area contributed by atoms with Gasteiger partial charge in [-0.15, -0.1) is 0 Å². The topological polar surface area (TPSA) is 179 Å². The summed E-state index contributed by atoms with van der Waals surface area (Å²) >= 11 is 0. The van der Waals surface area contributed by atoms with E-state index >= 15 is 0 Å². The molecule has 1 aromatic rings. The smallest absolute Gasteiger partial charge is 0.326 e. The van der Waals surface area contributed by atoms with E-state index in [1.165, 1.54) is 24.3 Å². The normalized spacial score (nSPS) is 12.7. The summed E-state index contributed by atoms with van der Waals surface area (Å²) in [4.78, 5) is 45.6. The molecule has 2 amide bonds. The van der Waals surface area contributed by atoms with Gasteiger partial charge in [-0.05, 0) is 30.7 Å². The van der Waals surface area contributed by atoms with Crippen LogP contribution >= 0.6 is 0 Å². The van der Waals surface area contributed by atoms with Crippen LogP contribution in [0.4, 0.5) is 5.69 Å². The second-order valence-corrected chi connectivity index (χ2v) is 5.16. The van der Waals surface area contributed by atoms with E-state index in [1.54, 1.807) is 0 Å². The predicted molar refractivity (Wildman–Crippen MR) is 85.6 cm³/mol. The Morgan fingerprint density at radius 3 is 2.08 bits per heavy atom. The second-order valence-electron chi connectivity index (χ2n) is 5.16. The molecular weight excluding hydrogens is 334 g/mol. The van der Waals surface area contributed by atoms with Gasteiger partial charge in [0.15, 0.2) is 0 Å². The maximum Gasteiger partial charge on any atom is 0.326 e. The lowest BCUT2D eigenvalue weighted by molar-refractivity contribution is -0.143. The van der Waals surface area contributed by atoms with E-state index in [0.717, 1.165) is 0 Å². The first kappa shape index (κ1) is 19.9. The van der Waals surface area contributed by atoms with Crippen molar-refractivity contribution in [3.05, 3.63) is 29.8 Å². The minimum Gasteiger partial charge on any atom is -0.481 e. The number of benzene rings is 1. The van der Waals surface area contributed by atoms with Crippen LogP contribution in [-0.2, 0) is 14.4 Å². The molecule has 0 aromatic heterocycles. The van der Waals surface area contributed by atoms with Gasteiger partial charge in [-0.25, -0.2) is 4.79 Å². The van der Waals surface area contributed by atoms with Crippen molar-refractivity contribution in [3.8, 4) is 0 Å². The number of anilines is 1. The molecule has 0 heterocycles. The van der Waals surface area contributed by atoms with Crippen molar-refractivity contribution < 1.29 is 34.5 Å². The molecule has 0 fully saturated rings. The van der Waals surface area contributed by atoms with Crippen LogP contribution in [0, 0.1) is 0 Å². The van der Waals surface area contributed by atoms with Gasteiger partial charge in [-0.1, -0.05) is 0 Å². The number of nitrogens with one attached hydrogen (secondary N) is 2. The van der Waals surface area contributed by atoms with Gasteiger partial charge in [0.2, 0.25) is 5.91 Å². The zero-order valence-corrected chi connectivity index (χ0v) is 13.1. The van der Waals surface area contributed by atoms with E-state index in [1.807, 2.05) is 0 Å². The summed E-state index contributed by atoms with van der Waals surface area (Å²) in [6.45, 7) is -0.766. The maximum absolute atomic E-state index is 12.0. The number of aliphatic hydroxyl groups is 1. The van der Waals surface area contributed by atoms with Gasteiger partial charge < -0.3 is 31.7 Å². The van der Waals surface area contributed by atoms with Crippen molar-refractivity contribution in [3.63, 3.8) is 0 Å². The van der Waals surface area contributed by atoms with Gasteiger partial charge in [0.1, 0.15) is 12.1 Å². The number of hydrogen-bond donors (Lipinski definition) is 6. The Balaban J connectivity index is 2.71. The van der Waals surface area contributed by atoms with Crippen molar-refractivity contribution in [1.82, 2.24) is 10.6 Å². The lowest BCUT2D eigenvalue weighted by atomic mass is 10.1. The molecule has 2 atom stereocenters. The third-order valence-electron chi connectivity index (χ3n) is 3.24. The molecule has 10 heteroatoms. The quantitative estimate of drug-likeness (QED) is 0.299. The number of carbonyl (C=O) groups excluding carboxylic acids is 2. The monoisotopic (exact) mass is 353 g/mol. The lowest BCUT2D eigenvalue weighted by Crippen LogP contribution is -2.53. The van der Waals surface area contributed by atoms with Gasteiger partial charge in [-0.3, -0.25) is 14.4 Å². The van der Waals surface area contributed by atoms with E-state index in [0.29, 0.717) is 5.69 Å². The van der Waals surface area contributed by atoms with Crippen LogP contribution in [0.15, 0.2) is 24.3 Å². The van der Waals surface area contributed by atoms with Crippen LogP contribution in [0.5, 0.6) is 0 Å². The lowest BCUT2D eigenvalue weighted by Gasteiger charge is -2.19. The molecular formula is C15H19N3O7. The highest BCUT2D eigenvalue weighted by atomic mass is 16.4. The zero-order chi connectivity index (χ0) is 19.0. The summed E-state index contributed by atoms with van der Waals surface area (Å²) in [6.07, 6.45) is -0.792. The van der Waals surface area contributed by atoms with Gasteiger partial charge in [0, 0.05) is 17.7 Å². The van der Waals surface area contributed by atoms with E-state index in [-0.39, 0.29) is 12.0 Å². The number of nitrogens with two attached hydrogens (primary N) is 1. The Kier molecular flexibility index (Phi) is 7.35. The number of nitrogen functional groups attached to an aromatic ring is 1. The summed E-state index contributed by atoms with van der Waals surface area (Å²) in [5.74, 6) is -4.23. The zero-order valence-electron chi connectivity index (χ0n) is 13.1. The summed E-state index contributed by atoms with van der Waals surface area (Å²) in [7, 11) is 0. The van der Waals surface area contributed by atoms with E-state index in [9.17, 15) is 24.3 Å².